The fraction of sp³-hybridized carbons (Fsp3) is 0.400. The summed E-state index contributed by atoms with van der Waals surface area (Å²) in [6, 6.07) is 7.96. The van der Waals surface area contributed by atoms with Crippen molar-refractivity contribution in [2.24, 2.45) is 0 Å². The van der Waals surface area contributed by atoms with E-state index in [0.29, 0.717) is 19.7 Å². The monoisotopic (exact) mass is 294 g/mol. The largest absolute Gasteiger partial charge is 0.486 e. The van der Waals surface area contributed by atoms with E-state index in [1.165, 1.54) is 5.56 Å². The molecule has 108 valence electrons. The number of rotatable bonds is 7. The third-order valence-corrected chi connectivity index (χ3v) is 3.75. The molecule has 0 aliphatic rings. The van der Waals surface area contributed by atoms with Gasteiger partial charge in [0.05, 0.1) is 5.69 Å². The van der Waals surface area contributed by atoms with Crippen LogP contribution < -0.4 is 4.74 Å². The Morgan fingerprint density at radius 3 is 2.75 bits per heavy atom. The SMILES string of the molecule is Cc1ccc(OCc2nc(CN(C)CCF)cs2)cc1. The number of aryl methyl sites for hydroxylation is 1. The van der Waals surface area contributed by atoms with Gasteiger partial charge in [-0.05, 0) is 26.1 Å². The Labute approximate surface area is 123 Å². The van der Waals surface area contributed by atoms with Gasteiger partial charge in [0.2, 0.25) is 0 Å². The van der Waals surface area contributed by atoms with Crippen LogP contribution in [0, 0.1) is 6.92 Å². The van der Waals surface area contributed by atoms with Crippen molar-refractivity contribution in [3.63, 3.8) is 0 Å². The predicted molar refractivity (Wildman–Crippen MR) is 79.9 cm³/mol. The zero-order chi connectivity index (χ0) is 14.4. The molecule has 20 heavy (non-hydrogen) atoms. The average molecular weight is 294 g/mol. The van der Waals surface area contributed by atoms with E-state index in [2.05, 4.69) is 4.98 Å². The minimum absolute atomic E-state index is 0.329. The van der Waals surface area contributed by atoms with Gasteiger partial charge in [-0.1, -0.05) is 17.7 Å². The lowest BCUT2D eigenvalue weighted by atomic mass is 10.2. The lowest BCUT2D eigenvalue weighted by Gasteiger charge is -2.11. The van der Waals surface area contributed by atoms with Gasteiger partial charge in [-0.15, -0.1) is 11.3 Å². The molecule has 0 amide bonds. The quantitative estimate of drug-likeness (QED) is 0.782. The van der Waals surface area contributed by atoms with E-state index in [1.54, 1.807) is 11.3 Å². The summed E-state index contributed by atoms with van der Waals surface area (Å²) < 4.78 is 17.9. The van der Waals surface area contributed by atoms with Gasteiger partial charge in [-0.2, -0.15) is 0 Å². The van der Waals surface area contributed by atoms with Gasteiger partial charge < -0.3 is 4.74 Å². The van der Waals surface area contributed by atoms with E-state index in [9.17, 15) is 4.39 Å². The van der Waals surface area contributed by atoms with Crippen LogP contribution in [-0.2, 0) is 13.2 Å². The van der Waals surface area contributed by atoms with Crippen LogP contribution in [-0.4, -0.2) is 30.2 Å². The molecule has 2 aromatic rings. The zero-order valence-electron chi connectivity index (χ0n) is 11.8. The first-order valence-electron chi connectivity index (χ1n) is 6.54. The van der Waals surface area contributed by atoms with E-state index in [0.717, 1.165) is 16.5 Å². The Balaban J connectivity index is 1.85. The number of aromatic nitrogens is 1. The number of benzene rings is 1. The van der Waals surface area contributed by atoms with Crippen molar-refractivity contribution in [3.8, 4) is 5.75 Å². The van der Waals surface area contributed by atoms with Crippen LogP contribution in [0.5, 0.6) is 5.75 Å². The van der Waals surface area contributed by atoms with Crippen molar-refractivity contribution < 1.29 is 9.13 Å². The molecule has 1 aromatic heterocycles. The Morgan fingerprint density at radius 1 is 1.30 bits per heavy atom. The van der Waals surface area contributed by atoms with E-state index in [-0.39, 0.29) is 6.67 Å². The molecule has 0 atom stereocenters. The van der Waals surface area contributed by atoms with E-state index in [1.807, 2.05) is 48.5 Å². The van der Waals surface area contributed by atoms with Crippen LogP contribution in [0.1, 0.15) is 16.3 Å². The van der Waals surface area contributed by atoms with Crippen LogP contribution >= 0.6 is 11.3 Å². The summed E-state index contributed by atoms with van der Waals surface area (Å²) >= 11 is 1.58. The lowest BCUT2D eigenvalue weighted by Crippen LogP contribution is -2.20. The number of alkyl halides is 1. The van der Waals surface area contributed by atoms with Crippen molar-refractivity contribution in [1.82, 2.24) is 9.88 Å². The van der Waals surface area contributed by atoms with Crippen molar-refractivity contribution in [3.05, 3.63) is 45.9 Å². The summed E-state index contributed by atoms with van der Waals surface area (Å²) in [6.45, 7) is 3.30. The van der Waals surface area contributed by atoms with Gasteiger partial charge in [0.1, 0.15) is 24.0 Å². The maximum Gasteiger partial charge on any atom is 0.140 e. The minimum Gasteiger partial charge on any atom is -0.486 e. The van der Waals surface area contributed by atoms with Crippen LogP contribution in [0.4, 0.5) is 4.39 Å². The molecule has 0 saturated heterocycles. The zero-order valence-corrected chi connectivity index (χ0v) is 12.6. The van der Waals surface area contributed by atoms with Crippen molar-refractivity contribution in [1.29, 1.82) is 0 Å². The molecule has 0 spiro atoms. The van der Waals surface area contributed by atoms with Crippen molar-refractivity contribution in [2.45, 2.75) is 20.1 Å². The summed E-state index contributed by atoms with van der Waals surface area (Å²) in [5.41, 5.74) is 2.18. The second kappa shape index (κ2) is 7.36. The second-order valence-corrected chi connectivity index (χ2v) is 5.70. The van der Waals surface area contributed by atoms with Crippen LogP contribution in [0.2, 0.25) is 0 Å². The maximum absolute atomic E-state index is 12.2. The van der Waals surface area contributed by atoms with Gasteiger partial charge in [0.25, 0.3) is 0 Å². The molecule has 1 aromatic carbocycles. The molecule has 0 aliphatic heterocycles. The molecular weight excluding hydrogens is 275 g/mol. The molecule has 0 aliphatic carbocycles. The molecule has 0 bridgehead atoms. The molecule has 0 fully saturated rings. The number of nitrogens with zero attached hydrogens (tertiary/aromatic N) is 2. The normalized spacial score (nSPS) is 11.0. The topological polar surface area (TPSA) is 25.4 Å². The first-order chi connectivity index (χ1) is 9.67. The van der Waals surface area contributed by atoms with Crippen LogP contribution in [0.3, 0.4) is 0 Å². The highest BCUT2D eigenvalue weighted by molar-refractivity contribution is 7.09. The Hall–Kier alpha value is -1.46. The highest BCUT2D eigenvalue weighted by Gasteiger charge is 2.06. The maximum atomic E-state index is 12.2. The van der Waals surface area contributed by atoms with Crippen LogP contribution in [0.15, 0.2) is 29.6 Å². The number of hydrogen-bond donors (Lipinski definition) is 0. The molecular formula is C15H19FN2OS. The van der Waals surface area contributed by atoms with Crippen LogP contribution in [0.25, 0.3) is 0 Å². The number of hydrogen-bond acceptors (Lipinski definition) is 4. The third-order valence-electron chi connectivity index (χ3n) is 2.88. The van der Waals surface area contributed by atoms with Gasteiger partial charge in [0, 0.05) is 18.5 Å². The first-order valence-corrected chi connectivity index (χ1v) is 7.42. The molecule has 0 N–H and O–H groups in total. The molecule has 0 saturated carbocycles. The summed E-state index contributed by atoms with van der Waals surface area (Å²) in [7, 11) is 1.89. The van der Waals surface area contributed by atoms with E-state index in [4.69, 9.17) is 4.74 Å². The molecule has 5 heteroatoms. The highest BCUT2D eigenvalue weighted by Crippen LogP contribution is 2.16. The molecule has 0 radical (unpaired) electrons. The van der Waals surface area contributed by atoms with Gasteiger partial charge >= 0.3 is 0 Å². The molecule has 1 heterocycles. The van der Waals surface area contributed by atoms with Gasteiger partial charge in [0.15, 0.2) is 0 Å². The lowest BCUT2D eigenvalue weighted by molar-refractivity contribution is 0.284. The standard InChI is InChI=1S/C15H19FN2OS/c1-12-3-5-14(6-4-12)19-10-15-17-13(11-20-15)9-18(2)8-7-16/h3-6,11H,7-10H2,1-2H3. The highest BCUT2D eigenvalue weighted by atomic mass is 32.1. The smallest absolute Gasteiger partial charge is 0.140 e. The van der Waals surface area contributed by atoms with Gasteiger partial charge in [-0.3, -0.25) is 4.90 Å². The van der Waals surface area contributed by atoms with Crippen molar-refractivity contribution in [2.75, 3.05) is 20.3 Å². The van der Waals surface area contributed by atoms with E-state index >= 15 is 0 Å². The molecule has 2 rings (SSSR count). The average Bonchev–Trinajstić information content (AvgIpc) is 2.86. The Kier molecular flexibility index (Phi) is 5.49. The predicted octanol–water partition coefficient (Wildman–Crippen LogP) is 3.43. The minimum atomic E-state index is -0.329. The first kappa shape index (κ1) is 14.9. The Bertz CT molecular complexity index is 527. The van der Waals surface area contributed by atoms with Gasteiger partial charge in [-0.25, -0.2) is 9.37 Å². The fourth-order valence-corrected chi connectivity index (χ4v) is 2.46. The summed E-state index contributed by atoms with van der Waals surface area (Å²) in [4.78, 5) is 6.41. The Morgan fingerprint density at radius 2 is 2.05 bits per heavy atom. The third kappa shape index (κ3) is 4.58. The molecule has 3 nitrogen and oxygen atoms in total. The fourth-order valence-electron chi connectivity index (χ4n) is 1.77. The number of halogens is 1. The number of ether oxygens (including phenoxy) is 1. The van der Waals surface area contributed by atoms with Crippen molar-refractivity contribution >= 4 is 11.3 Å². The second-order valence-electron chi connectivity index (χ2n) is 4.76. The summed E-state index contributed by atoms with van der Waals surface area (Å²) in [5.74, 6) is 0.849. The molecule has 0 unspecified atom stereocenters. The number of thiazole rings is 1. The summed E-state index contributed by atoms with van der Waals surface area (Å²) in [5, 5.41) is 2.94. The van der Waals surface area contributed by atoms with E-state index < -0.39 is 0 Å². The summed E-state index contributed by atoms with van der Waals surface area (Å²) in [6.07, 6.45) is 0.